The molecule has 1 fully saturated rings. The minimum absolute atomic E-state index is 0.0204. The number of aromatic hydroxyl groups is 1. The maximum atomic E-state index is 12.1. The molecule has 0 aromatic heterocycles. The van der Waals surface area contributed by atoms with Crippen LogP contribution in [0, 0.1) is 0 Å². The highest BCUT2D eigenvalue weighted by atomic mass is 32.2. The lowest BCUT2D eigenvalue weighted by molar-refractivity contribution is -0.132. The summed E-state index contributed by atoms with van der Waals surface area (Å²) in [6.07, 6.45) is 0.824. The molecule has 0 saturated carbocycles. The Morgan fingerprint density at radius 2 is 2.16 bits per heavy atom. The van der Waals surface area contributed by atoms with Crippen molar-refractivity contribution in [3.05, 3.63) is 24.3 Å². The van der Waals surface area contributed by atoms with E-state index in [9.17, 15) is 18.3 Å². The summed E-state index contributed by atoms with van der Waals surface area (Å²) in [4.78, 5) is 12.9. The smallest absolute Gasteiger partial charge is 0.241 e. The van der Waals surface area contributed by atoms with Crippen LogP contribution >= 0.6 is 0 Å². The Hall–Kier alpha value is -1.60. The summed E-state index contributed by atoms with van der Waals surface area (Å²) in [5.74, 6) is -0.0772. The van der Waals surface area contributed by atoms with Crippen molar-refractivity contribution in [1.82, 2.24) is 9.62 Å². The number of carbonyl (C=O) groups is 1. The molecule has 0 radical (unpaired) electrons. The van der Waals surface area contributed by atoms with Crippen LogP contribution in [0.4, 0.5) is 0 Å². The van der Waals surface area contributed by atoms with Crippen molar-refractivity contribution in [2.75, 3.05) is 13.6 Å². The van der Waals surface area contributed by atoms with Gasteiger partial charge in [0.05, 0.1) is 4.90 Å². The quantitative estimate of drug-likeness (QED) is 0.835. The van der Waals surface area contributed by atoms with Crippen LogP contribution in [0.1, 0.15) is 12.8 Å². The number of rotatable bonds is 3. The van der Waals surface area contributed by atoms with Crippen molar-refractivity contribution in [2.24, 2.45) is 0 Å². The van der Waals surface area contributed by atoms with Crippen molar-refractivity contribution in [3.8, 4) is 5.75 Å². The third-order valence-electron chi connectivity index (χ3n) is 3.08. The number of phenolic OH excluding ortho intramolecular Hbond substituents is 1. The lowest BCUT2D eigenvalue weighted by atomic mass is 10.1. The largest absolute Gasteiger partial charge is 0.508 e. The molecule has 7 heteroatoms. The van der Waals surface area contributed by atoms with Gasteiger partial charge in [0.25, 0.3) is 0 Å². The van der Waals surface area contributed by atoms with E-state index in [0.29, 0.717) is 19.4 Å². The van der Waals surface area contributed by atoms with Crippen molar-refractivity contribution >= 4 is 15.9 Å². The first-order chi connectivity index (χ1) is 8.88. The fraction of sp³-hybridized carbons (Fsp3) is 0.417. The summed E-state index contributed by atoms with van der Waals surface area (Å²) >= 11 is 0. The molecule has 0 spiro atoms. The first kappa shape index (κ1) is 13.8. The molecule has 1 heterocycles. The van der Waals surface area contributed by atoms with E-state index in [4.69, 9.17) is 0 Å². The number of piperidine rings is 1. The molecule has 1 saturated heterocycles. The predicted octanol–water partition coefficient (Wildman–Crippen LogP) is 0.291. The normalized spacial score (nSPS) is 20.6. The van der Waals surface area contributed by atoms with Crippen LogP contribution in [-0.2, 0) is 14.8 Å². The van der Waals surface area contributed by atoms with Crippen LogP contribution in [0.5, 0.6) is 5.75 Å². The van der Waals surface area contributed by atoms with Gasteiger partial charge in [-0.1, -0.05) is 6.07 Å². The van der Waals surface area contributed by atoms with Gasteiger partial charge in [0.1, 0.15) is 5.75 Å². The summed E-state index contributed by atoms with van der Waals surface area (Å²) in [7, 11) is -2.02. The van der Waals surface area contributed by atoms with Gasteiger partial charge in [0.15, 0.2) is 0 Å². The average Bonchev–Trinajstić information content (AvgIpc) is 2.33. The van der Waals surface area contributed by atoms with Crippen LogP contribution in [0.2, 0.25) is 0 Å². The second-order valence-corrected chi connectivity index (χ2v) is 6.34. The van der Waals surface area contributed by atoms with Crippen molar-refractivity contribution in [2.45, 2.75) is 23.8 Å². The fourth-order valence-corrected chi connectivity index (χ4v) is 3.35. The Labute approximate surface area is 112 Å². The molecule has 1 aromatic rings. The minimum Gasteiger partial charge on any atom is -0.508 e. The first-order valence-electron chi connectivity index (χ1n) is 5.94. The fourth-order valence-electron chi connectivity index (χ4n) is 2.05. The van der Waals surface area contributed by atoms with Gasteiger partial charge in [-0.2, -0.15) is 0 Å². The van der Waals surface area contributed by atoms with Crippen LogP contribution in [-0.4, -0.2) is 44.0 Å². The zero-order valence-corrected chi connectivity index (χ0v) is 11.4. The highest BCUT2D eigenvalue weighted by Gasteiger charge is 2.27. The highest BCUT2D eigenvalue weighted by molar-refractivity contribution is 7.89. The second-order valence-electron chi connectivity index (χ2n) is 4.63. The molecule has 0 bridgehead atoms. The molecule has 1 unspecified atom stereocenters. The number of nitrogens with one attached hydrogen (secondary N) is 1. The minimum atomic E-state index is -3.67. The van der Waals surface area contributed by atoms with E-state index in [1.54, 1.807) is 7.05 Å². The molecule has 19 heavy (non-hydrogen) atoms. The maximum absolute atomic E-state index is 12.1. The number of benzene rings is 1. The monoisotopic (exact) mass is 284 g/mol. The Kier molecular flexibility index (Phi) is 3.77. The lowest BCUT2D eigenvalue weighted by Gasteiger charge is -2.29. The molecular formula is C12H16N2O4S. The first-order valence-corrected chi connectivity index (χ1v) is 7.42. The summed E-state index contributed by atoms with van der Waals surface area (Å²) in [6.45, 7) is 0.358. The molecule has 104 valence electrons. The van der Waals surface area contributed by atoms with E-state index >= 15 is 0 Å². The number of hydrogen-bond donors (Lipinski definition) is 2. The van der Waals surface area contributed by atoms with Gasteiger partial charge >= 0.3 is 0 Å². The SMILES string of the molecule is CN1CC(NS(=O)(=O)c2cccc(O)c2)CCC1=O. The zero-order chi connectivity index (χ0) is 14.0. The number of likely N-dealkylation sites (N-methyl/N-ethyl adjacent to an activating group) is 1. The summed E-state index contributed by atoms with van der Waals surface area (Å²) in [5.41, 5.74) is 0. The molecule has 1 amide bonds. The molecule has 6 nitrogen and oxygen atoms in total. The topological polar surface area (TPSA) is 86.7 Å². The number of amides is 1. The number of hydrogen-bond acceptors (Lipinski definition) is 4. The number of likely N-dealkylation sites (tertiary alicyclic amines) is 1. The summed E-state index contributed by atoms with van der Waals surface area (Å²) < 4.78 is 26.8. The number of phenols is 1. The molecule has 0 aliphatic carbocycles. The third-order valence-corrected chi connectivity index (χ3v) is 4.59. The van der Waals surface area contributed by atoms with Gasteiger partial charge in [0, 0.05) is 26.1 Å². The molecule has 1 aliphatic heterocycles. The standard InChI is InChI=1S/C12H16N2O4S/c1-14-8-9(5-6-12(14)16)13-19(17,18)11-4-2-3-10(15)7-11/h2-4,7,9,13,15H,5-6,8H2,1H3. The van der Waals surface area contributed by atoms with Gasteiger partial charge in [0.2, 0.25) is 15.9 Å². The Balaban J connectivity index is 2.12. The third kappa shape index (κ3) is 3.24. The van der Waals surface area contributed by atoms with Gasteiger partial charge in [-0.15, -0.1) is 0 Å². The van der Waals surface area contributed by atoms with Crippen molar-refractivity contribution in [1.29, 1.82) is 0 Å². The molecular weight excluding hydrogens is 268 g/mol. The second kappa shape index (κ2) is 5.18. The number of carbonyl (C=O) groups excluding carboxylic acids is 1. The molecule has 1 atom stereocenters. The Morgan fingerprint density at radius 3 is 2.79 bits per heavy atom. The van der Waals surface area contributed by atoms with Crippen LogP contribution in [0.25, 0.3) is 0 Å². The molecule has 1 aromatic carbocycles. The Bertz CT molecular complexity index is 585. The van der Waals surface area contributed by atoms with E-state index in [1.165, 1.54) is 29.2 Å². The van der Waals surface area contributed by atoms with E-state index in [-0.39, 0.29) is 22.6 Å². The van der Waals surface area contributed by atoms with Crippen molar-refractivity contribution < 1.29 is 18.3 Å². The molecule has 2 rings (SSSR count). The number of nitrogens with zero attached hydrogens (tertiary/aromatic N) is 1. The van der Waals surface area contributed by atoms with Crippen LogP contribution in [0.15, 0.2) is 29.2 Å². The van der Waals surface area contributed by atoms with E-state index in [0.717, 1.165) is 0 Å². The van der Waals surface area contributed by atoms with Crippen molar-refractivity contribution in [3.63, 3.8) is 0 Å². The maximum Gasteiger partial charge on any atom is 0.241 e. The number of sulfonamides is 1. The van der Waals surface area contributed by atoms with Gasteiger partial charge in [-0.05, 0) is 24.6 Å². The molecule has 2 N–H and O–H groups in total. The van der Waals surface area contributed by atoms with Gasteiger partial charge < -0.3 is 10.0 Å². The predicted molar refractivity (Wildman–Crippen MR) is 69.1 cm³/mol. The van der Waals surface area contributed by atoms with E-state index in [1.807, 2.05) is 0 Å². The summed E-state index contributed by atoms with van der Waals surface area (Å²) in [5, 5.41) is 9.31. The summed E-state index contributed by atoms with van der Waals surface area (Å²) in [6, 6.07) is 5.20. The Morgan fingerprint density at radius 1 is 1.42 bits per heavy atom. The van der Waals surface area contributed by atoms with Crippen LogP contribution < -0.4 is 4.72 Å². The molecule has 1 aliphatic rings. The average molecular weight is 284 g/mol. The highest BCUT2D eigenvalue weighted by Crippen LogP contribution is 2.18. The van der Waals surface area contributed by atoms with Gasteiger partial charge in [-0.3, -0.25) is 4.79 Å². The zero-order valence-electron chi connectivity index (χ0n) is 10.5. The van der Waals surface area contributed by atoms with Crippen LogP contribution in [0.3, 0.4) is 0 Å². The van der Waals surface area contributed by atoms with E-state index < -0.39 is 10.0 Å². The van der Waals surface area contributed by atoms with Gasteiger partial charge in [-0.25, -0.2) is 13.1 Å². The van der Waals surface area contributed by atoms with E-state index in [2.05, 4.69) is 4.72 Å². The lowest BCUT2D eigenvalue weighted by Crippen LogP contribution is -2.48.